The highest BCUT2D eigenvalue weighted by Crippen LogP contribution is 2.48. The van der Waals surface area contributed by atoms with Crippen molar-refractivity contribution < 1.29 is 19.4 Å². The third-order valence-electron chi connectivity index (χ3n) is 8.91. The lowest BCUT2D eigenvalue weighted by atomic mass is 9.82. The van der Waals surface area contributed by atoms with Gasteiger partial charge in [-0.1, -0.05) is 37.3 Å². The molecule has 1 N–H and O–H groups in total. The molecule has 1 aromatic heterocycles. The molecule has 2 heterocycles. The molecule has 3 atom stereocenters. The largest absolute Gasteiger partial charge is 0.485 e. The van der Waals surface area contributed by atoms with Crippen molar-refractivity contribution in [3.8, 4) is 22.8 Å². The van der Waals surface area contributed by atoms with Crippen LogP contribution < -0.4 is 9.47 Å². The second kappa shape index (κ2) is 12.2. The summed E-state index contributed by atoms with van der Waals surface area (Å²) in [6.07, 6.45) is 5.79. The number of fused-ring (bicyclic) bond motifs is 1. The van der Waals surface area contributed by atoms with Gasteiger partial charge in [0.2, 0.25) is 5.88 Å². The molecule has 6 heteroatoms. The summed E-state index contributed by atoms with van der Waals surface area (Å²) in [5.41, 5.74) is 6.98. The molecule has 0 amide bonds. The molecule has 0 spiro atoms. The van der Waals surface area contributed by atoms with Gasteiger partial charge in [-0.3, -0.25) is 9.69 Å². The first-order chi connectivity index (χ1) is 19.7. The second-order valence-electron chi connectivity index (χ2n) is 12.4. The summed E-state index contributed by atoms with van der Waals surface area (Å²) in [5.74, 6) is 0.846. The molecule has 1 aliphatic heterocycles. The van der Waals surface area contributed by atoms with E-state index in [0.717, 1.165) is 49.1 Å². The monoisotopic (exact) mass is 556 g/mol. The number of carboxylic acids is 1. The predicted octanol–water partition coefficient (Wildman–Crippen LogP) is 7.66. The van der Waals surface area contributed by atoms with Gasteiger partial charge in [0, 0.05) is 30.9 Å². The zero-order chi connectivity index (χ0) is 29.3. The van der Waals surface area contributed by atoms with Crippen molar-refractivity contribution in [2.75, 3.05) is 7.11 Å². The Hall–Kier alpha value is -3.38. The van der Waals surface area contributed by atoms with Gasteiger partial charge >= 0.3 is 5.97 Å². The van der Waals surface area contributed by atoms with Crippen molar-refractivity contribution in [3.63, 3.8) is 0 Å². The number of aliphatic carboxylic acids is 1. The smallest absolute Gasteiger partial charge is 0.306 e. The van der Waals surface area contributed by atoms with Crippen LogP contribution >= 0.6 is 0 Å². The number of hydrogen-bond donors (Lipinski definition) is 1. The number of benzene rings is 2. The highest BCUT2D eigenvalue weighted by atomic mass is 16.5. The minimum Gasteiger partial charge on any atom is -0.485 e. The molecule has 41 heavy (non-hydrogen) atoms. The van der Waals surface area contributed by atoms with Gasteiger partial charge in [0.1, 0.15) is 11.9 Å². The number of carboxylic acid groups (broad SMARTS) is 1. The van der Waals surface area contributed by atoms with Gasteiger partial charge in [-0.15, -0.1) is 0 Å². The molecule has 5 rings (SSSR count). The molecule has 2 aromatic carbocycles. The molecule has 1 fully saturated rings. The van der Waals surface area contributed by atoms with Crippen molar-refractivity contribution in [2.24, 2.45) is 11.8 Å². The van der Waals surface area contributed by atoms with Crippen LogP contribution in [0.3, 0.4) is 0 Å². The van der Waals surface area contributed by atoms with E-state index in [2.05, 4.69) is 74.0 Å². The van der Waals surface area contributed by atoms with Gasteiger partial charge < -0.3 is 14.6 Å². The molecule has 2 aliphatic rings. The van der Waals surface area contributed by atoms with Crippen molar-refractivity contribution >= 4 is 5.97 Å². The topological polar surface area (TPSA) is 71.9 Å². The Kier molecular flexibility index (Phi) is 8.69. The Labute approximate surface area is 244 Å². The van der Waals surface area contributed by atoms with E-state index in [1.165, 1.54) is 22.3 Å². The zero-order valence-electron chi connectivity index (χ0n) is 25.3. The van der Waals surface area contributed by atoms with Crippen LogP contribution in [0.15, 0.2) is 54.7 Å². The first kappa shape index (κ1) is 29.1. The number of pyridine rings is 1. The minimum atomic E-state index is -0.727. The zero-order valence-corrected chi connectivity index (χ0v) is 25.3. The third kappa shape index (κ3) is 6.43. The van der Waals surface area contributed by atoms with Gasteiger partial charge in [0.15, 0.2) is 0 Å². The maximum atomic E-state index is 11.9. The SMILES string of the molecule is COc1cc(-c2ccc(C3CCc4ccc([C@H](C5CC5)[C@@H](C)C(=O)O)cc4O3)cc2CN(C(C)C)C(C)C)ccn1. The molecule has 1 aliphatic carbocycles. The van der Waals surface area contributed by atoms with Crippen LogP contribution in [0.2, 0.25) is 0 Å². The van der Waals surface area contributed by atoms with E-state index < -0.39 is 11.9 Å². The number of aryl methyl sites for hydroxylation is 1. The van der Waals surface area contributed by atoms with E-state index in [0.29, 0.717) is 23.9 Å². The van der Waals surface area contributed by atoms with Crippen LogP contribution in [0, 0.1) is 11.8 Å². The van der Waals surface area contributed by atoms with E-state index >= 15 is 0 Å². The Morgan fingerprint density at radius 2 is 1.78 bits per heavy atom. The number of methoxy groups -OCH3 is 1. The lowest BCUT2D eigenvalue weighted by molar-refractivity contribution is -0.142. The first-order valence-corrected chi connectivity index (χ1v) is 15.1. The van der Waals surface area contributed by atoms with Crippen LogP contribution in [-0.2, 0) is 17.8 Å². The van der Waals surface area contributed by atoms with Crippen LogP contribution in [0.25, 0.3) is 11.1 Å². The quantitative estimate of drug-likeness (QED) is 0.261. The summed E-state index contributed by atoms with van der Waals surface area (Å²) in [6.45, 7) is 11.7. The predicted molar refractivity (Wildman–Crippen MR) is 162 cm³/mol. The summed E-state index contributed by atoms with van der Waals surface area (Å²) in [4.78, 5) is 18.7. The molecule has 218 valence electrons. The highest BCUT2D eigenvalue weighted by molar-refractivity contribution is 5.71. The number of rotatable bonds is 11. The second-order valence-corrected chi connectivity index (χ2v) is 12.4. The third-order valence-corrected chi connectivity index (χ3v) is 8.91. The fourth-order valence-electron chi connectivity index (χ4n) is 6.48. The normalized spacial score (nSPS) is 18.2. The van der Waals surface area contributed by atoms with Gasteiger partial charge in [0.25, 0.3) is 0 Å². The van der Waals surface area contributed by atoms with Gasteiger partial charge in [-0.2, -0.15) is 0 Å². The van der Waals surface area contributed by atoms with Gasteiger partial charge in [-0.05, 0) is 111 Å². The van der Waals surface area contributed by atoms with E-state index in [1.54, 1.807) is 13.3 Å². The average molecular weight is 557 g/mol. The molecule has 0 radical (unpaired) electrons. The van der Waals surface area contributed by atoms with Crippen LogP contribution in [-0.4, -0.2) is 40.2 Å². The number of aromatic nitrogens is 1. The van der Waals surface area contributed by atoms with Crippen LogP contribution in [0.5, 0.6) is 11.6 Å². The standard InChI is InChI=1S/C35H44N2O4/c1-21(2)37(22(3)4)20-29-17-27(11-13-30(29)26-15-16-36-33(19-26)40-6)31-14-12-24-7-10-28(18-32(24)41-31)34(25-8-9-25)23(5)35(38)39/h7,10-11,13,15-19,21-23,25,31,34H,8-9,12,14,20H2,1-6H3,(H,38,39)/t23-,31?,34+/m1/s1. The molecular formula is C35H44N2O4. The molecule has 1 unspecified atom stereocenters. The first-order valence-electron chi connectivity index (χ1n) is 15.1. The fourth-order valence-corrected chi connectivity index (χ4v) is 6.48. The van der Waals surface area contributed by atoms with Gasteiger partial charge in [-0.25, -0.2) is 4.98 Å². The number of nitrogens with zero attached hydrogens (tertiary/aromatic N) is 2. The molecule has 1 saturated carbocycles. The maximum absolute atomic E-state index is 11.9. The summed E-state index contributed by atoms with van der Waals surface area (Å²) < 4.78 is 12.1. The Bertz CT molecular complexity index is 1370. The maximum Gasteiger partial charge on any atom is 0.306 e. The van der Waals surface area contributed by atoms with E-state index in [9.17, 15) is 9.90 Å². The molecule has 0 bridgehead atoms. The van der Waals surface area contributed by atoms with Crippen molar-refractivity contribution in [2.45, 2.75) is 91.0 Å². The Morgan fingerprint density at radius 1 is 1.02 bits per heavy atom. The number of carbonyl (C=O) groups is 1. The summed E-state index contributed by atoms with van der Waals surface area (Å²) in [6, 6.07) is 18.0. The summed E-state index contributed by atoms with van der Waals surface area (Å²) in [5, 5.41) is 9.77. The Morgan fingerprint density at radius 3 is 2.44 bits per heavy atom. The fraction of sp³-hybridized carbons (Fsp3) is 0.486. The van der Waals surface area contributed by atoms with Crippen molar-refractivity contribution in [1.82, 2.24) is 9.88 Å². The minimum absolute atomic E-state index is 0.0306. The van der Waals surface area contributed by atoms with Crippen molar-refractivity contribution in [1.29, 1.82) is 0 Å². The average Bonchev–Trinajstić information content (AvgIpc) is 3.80. The van der Waals surface area contributed by atoms with Gasteiger partial charge in [0.05, 0.1) is 13.0 Å². The lowest BCUT2D eigenvalue weighted by Crippen LogP contribution is -2.36. The number of hydrogen-bond acceptors (Lipinski definition) is 5. The summed E-state index contributed by atoms with van der Waals surface area (Å²) in [7, 11) is 1.65. The summed E-state index contributed by atoms with van der Waals surface area (Å²) >= 11 is 0. The van der Waals surface area contributed by atoms with Crippen LogP contribution in [0.4, 0.5) is 0 Å². The highest BCUT2D eigenvalue weighted by Gasteiger charge is 2.39. The molecule has 6 nitrogen and oxygen atoms in total. The van der Waals surface area contributed by atoms with E-state index in [1.807, 2.05) is 19.1 Å². The molecule has 0 saturated heterocycles. The molecular weight excluding hydrogens is 512 g/mol. The lowest BCUT2D eigenvalue weighted by Gasteiger charge is -2.32. The molecule has 3 aromatic rings. The van der Waals surface area contributed by atoms with Crippen molar-refractivity contribution in [3.05, 3.63) is 77.0 Å². The van der Waals surface area contributed by atoms with Crippen LogP contribution in [0.1, 0.15) is 88.2 Å². The van der Waals surface area contributed by atoms with E-state index in [4.69, 9.17) is 9.47 Å². The number of ether oxygens (including phenoxy) is 2. The Balaban J connectivity index is 1.47. The van der Waals surface area contributed by atoms with E-state index in [-0.39, 0.29) is 12.0 Å².